The van der Waals surface area contributed by atoms with Crippen molar-refractivity contribution in [3.05, 3.63) is 36.5 Å². The van der Waals surface area contributed by atoms with Crippen LogP contribution in [0.25, 0.3) is 10.9 Å². The fraction of sp³-hybridized carbons (Fsp3) is 0.412. The summed E-state index contributed by atoms with van der Waals surface area (Å²) < 4.78 is 1.94. The number of hydrogen-bond acceptors (Lipinski definition) is 2. The number of para-hydroxylation sites is 1. The topological polar surface area (TPSA) is 71.3 Å². The average molecular weight is 300 g/mol. The number of carboxylic acid groups (broad SMARTS) is 1. The SMILES string of the molecule is O=C(Cn1ccc2ccccc21)NC1CCC(C(=O)O)CC1. The number of aliphatic carboxylic acids is 1. The van der Waals surface area contributed by atoms with Crippen molar-refractivity contribution in [1.82, 2.24) is 9.88 Å². The van der Waals surface area contributed by atoms with E-state index < -0.39 is 5.97 Å². The lowest BCUT2D eigenvalue weighted by atomic mass is 9.86. The number of aromatic nitrogens is 1. The van der Waals surface area contributed by atoms with Gasteiger partial charge in [-0.15, -0.1) is 0 Å². The minimum atomic E-state index is -0.719. The first-order chi connectivity index (χ1) is 10.6. The molecule has 22 heavy (non-hydrogen) atoms. The van der Waals surface area contributed by atoms with Crippen LogP contribution in [0.1, 0.15) is 25.7 Å². The van der Waals surface area contributed by atoms with Crippen LogP contribution in [0, 0.1) is 5.92 Å². The Morgan fingerprint density at radius 1 is 1.14 bits per heavy atom. The normalized spacial score (nSPS) is 21.6. The number of carbonyl (C=O) groups is 2. The number of amides is 1. The Morgan fingerprint density at radius 3 is 2.59 bits per heavy atom. The number of fused-ring (bicyclic) bond motifs is 1. The smallest absolute Gasteiger partial charge is 0.306 e. The van der Waals surface area contributed by atoms with Crippen molar-refractivity contribution in [2.24, 2.45) is 5.92 Å². The molecule has 5 heteroatoms. The maximum atomic E-state index is 12.2. The van der Waals surface area contributed by atoms with Crippen molar-refractivity contribution in [3.63, 3.8) is 0 Å². The summed E-state index contributed by atoms with van der Waals surface area (Å²) in [7, 11) is 0. The molecule has 0 bridgehead atoms. The van der Waals surface area contributed by atoms with Crippen LogP contribution >= 0.6 is 0 Å². The molecule has 0 radical (unpaired) electrons. The van der Waals surface area contributed by atoms with E-state index in [1.165, 1.54) is 0 Å². The Kier molecular flexibility index (Phi) is 4.13. The van der Waals surface area contributed by atoms with Gasteiger partial charge >= 0.3 is 5.97 Å². The number of benzene rings is 1. The van der Waals surface area contributed by atoms with E-state index in [4.69, 9.17) is 5.11 Å². The molecule has 1 aliphatic rings. The van der Waals surface area contributed by atoms with Gasteiger partial charge in [-0.05, 0) is 43.2 Å². The molecule has 0 unspecified atom stereocenters. The Balaban J connectivity index is 1.56. The predicted octanol–water partition coefficient (Wildman–Crippen LogP) is 2.40. The molecule has 2 aromatic rings. The Hall–Kier alpha value is -2.30. The Morgan fingerprint density at radius 2 is 1.86 bits per heavy atom. The number of nitrogens with zero attached hydrogens (tertiary/aromatic N) is 1. The molecule has 2 N–H and O–H groups in total. The molecule has 1 aromatic carbocycles. The average Bonchev–Trinajstić information content (AvgIpc) is 2.91. The molecule has 0 spiro atoms. The zero-order valence-corrected chi connectivity index (χ0v) is 12.4. The van der Waals surface area contributed by atoms with E-state index in [1.807, 2.05) is 41.1 Å². The third-order valence-corrected chi connectivity index (χ3v) is 4.44. The number of carboxylic acids is 1. The van der Waals surface area contributed by atoms with Gasteiger partial charge in [0, 0.05) is 17.8 Å². The maximum absolute atomic E-state index is 12.2. The summed E-state index contributed by atoms with van der Waals surface area (Å²) in [6.07, 6.45) is 4.70. The lowest BCUT2D eigenvalue weighted by molar-refractivity contribution is -0.142. The highest BCUT2D eigenvalue weighted by Gasteiger charge is 2.26. The second kappa shape index (κ2) is 6.22. The van der Waals surface area contributed by atoms with E-state index in [-0.39, 0.29) is 17.9 Å². The number of hydrogen-bond donors (Lipinski definition) is 2. The van der Waals surface area contributed by atoms with Crippen molar-refractivity contribution in [2.45, 2.75) is 38.3 Å². The molecule has 0 saturated heterocycles. The highest BCUT2D eigenvalue weighted by Crippen LogP contribution is 2.24. The van der Waals surface area contributed by atoms with Crippen LogP contribution in [-0.4, -0.2) is 27.6 Å². The van der Waals surface area contributed by atoms with Crippen LogP contribution < -0.4 is 5.32 Å². The lowest BCUT2D eigenvalue weighted by Gasteiger charge is -2.26. The number of carbonyl (C=O) groups excluding carboxylic acids is 1. The second-order valence-electron chi connectivity index (χ2n) is 5.96. The highest BCUT2D eigenvalue weighted by molar-refractivity contribution is 5.83. The summed E-state index contributed by atoms with van der Waals surface area (Å²) in [6, 6.07) is 10.1. The van der Waals surface area contributed by atoms with Gasteiger partial charge in [0.15, 0.2) is 0 Å². The largest absolute Gasteiger partial charge is 0.481 e. The second-order valence-corrected chi connectivity index (χ2v) is 5.96. The first kappa shape index (κ1) is 14.6. The van der Waals surface area contributed by atoms with E-state index >= 15 is 0 Å². The van der Waals surface area contributed by atoms with E-state index in [9.17, 15) is 9.59 Å². The zero-order chi connectivity index (χ0) is 15.5. The van der Waals surface area contributed by atoms with Crippen molar-refractivity contribution >= 4 is 22.8 Å². The van der Waals surface area contributed by atoms with Crippen LogP contribution in [0.15, 0.2) is 36.5 Å². The van der Waals surface area contributed by atoms with E-state index in [1.54, 1.807) is 0 Å². The molecule has 5 nitrogen and oxygen atoms in total. The molecule has 1 aromatic heterocycles. The van der Waals surface area contributed by atoms with Gasteiger partial charge in [-0.1, -0.05) is 18.2 Å². The standard InChI is InChI=1S/C17H20N2O3/c20-16(18-14-7-5-13(6-8-14)17(21)22)11-19-10-9-12-3-1-2-4-15(12)19/h1-4,9-10,13-14H,5-8,11H2,(H,18,20)(H,21,22). The van der Waals surface area contributed by atoms with Gasteiger partial charge < -0.3 is 15.0 Å². The van der Waals surface area contributed by atoms with Crippen molar-refractivity contribution < 1.29 is 14.7 Å². The highest BCUT2D eigenvalue weighted by atomic mass is 16.4. The summed E-state index contributed by atoms with van der Waals surface area (Å²) in [5, 5.41) is 13.1. The van der Waals surface area contributed by atoms with Gasteiger partial charge in [0.05, 0.1) is 5.92 Å². The molecule has 1 heterocycles. The fourth-order valence-electron chi connectivity index (χ4n) is 3.19. The van der Waals surface area contributed by atoms with Crippen LogP contribution in [-0.2, 0) is 16.1 Å². The van der Waals surface area contributed by atoms with Crippen LogP contribution in [0.2, 0.25) is 0 Å². The van der Waals surface area contributed by atoms with Gasteiger partial charge in [0.25, 0.3) is 0 Å². The molecule has 0 aliphatic heterocycles. The summed E-state index contributed by atoms with van der Waals surface area (Å²) >= 11 is 0. The van der Waals surface area contributed by atoms with Gasteiger partial charge in [-0.3, -0.25) is 9.59 Å². The number of nitrogens with one attached hydrogen (secondary N) is 1. The lowest BCUT2D eigenvalue weighted by Crippen LogP contribution is -2.40. The van der Waals surface area contributed by atoms with Gasteiger partial charge in [-0.2, -0.15) is 0 Å². The molecule has 0 atom stereocenters. The third kappa shape index (κ3) is 3.13. The summed E-state index contributed by atoms with van der Waals surface area (Å²) in [5.41, 5.74) is 1.05. The van der Waals surface area contributed by atoms with Crippen LogP contribution in [0.3, 0.4) is 0 Å². The van der Waals surface area contributed by atoms with Gasteiger partial charge in [0.2, 0.25) is 5.91 Å². The molecule has 1 fully saturated rings. The summed E-state index contributed by atoms with van der Waals surface area (Å²) in [4.78, 5) is 23.1. The van der Waals surface area contributed by atoms with Crippen molar-refractivity contribution in [2.75, 3.05) is 0 Å². The van der Waals surface area contributed by atoms with Crippen LogP contribution in [0.5, 0.6) is 0 Å². The molecule has 1 saturated carbocycles. The third-order valence-electron chi connectivity index (χ3n) is 4.44. The summed E-state index contributed by atoms with van der Waals surface area (Å²) in [5.74, 6) is -0.981. The minimum Gasteiger partial charge on any atom is -0.481 e. The molecule has 116 valence electrons. The zero-order valence-electron chi connectivity index (χ0n) is 12.4. The van der Waals surface area contributed by atoms with E-state index in [2.05, 4.69) is 5.32 Å². The minimum absolute atomic E-state index is 0.0138. The van der Waals surface area contributed by atoms with Gasteiger partial charge in [0.1, 0.15) is 6.54 Å². The van der Waals surface area contributed by atoms with Crippen molar-refractivity contribution in [3.8, 4) is 0 Å². The monoisotopic (exact) mass is 300 g/mol. The quantitative estimate of drug-likeness (QED) is 0.911. The molecular formula is C17H20N2O3. The Labute approximate surface area is 128 Å². The van der Waals surface area contributed by atoms with Crippen LogP contribution in [0.4, 0.5) is 0 Å². The molecular weight excluding hydrogens is 280 g/mol. The first-order valence-electron chi connectivity index (χ1n) is 7.69. The summed E-state index contributed by atoms with van der Waals surface area (Å²) in [6.45, 7) is 0.298. The first-order valence-corrected chi connectivity index (χ1v) is 7.69. The Bertz CT molecular complexity index is 684. The maximum Gasteiger partial charge on any atom is 0.306 e. The fourth-order valence-corrected chi connectivity index (χ4v) is 3.19. The predicted molar refractivity (Wildman–Crippen MR) is 83.5 cm³/mol. The van der Waals surface area contributed by atoms with Gasteiger partial charge in [-0.25, -0.2) is 0 Å². The molecule has 1 aliphatic carbocycles. The number of rotatable bonds is 4. The molecule has 1 amide bonds. The van der Waals surface area contributed by atoms with Crippen molar-refractivity contribution in [1.29, 1.82) is 0 Å². The van der Waals surface area contributed by atoms with E-state index in [0.717, 1.165) is 23.7 Å². The molecule has 3 rings (SSSR count). The van der Waals surface area contributed by atoms with E-state index in [0.29, 0.717) is 19.4 Å².